The maximum absolute atomic E-state index is 14.5. The Morgan fingerprint density at radius 1 is 1.19 bits per heavy atom. The Bertz CT molecular complexity index is 1210. The van der Waals surface area contributed by atoms with Crippen LogP contribution in [-0.2, 0) is 12.8 Å². The van der Waals surface area contributed by atoms with Gasteiger partial charge in [-0.25, -0.2) is 23.7 Å². The average molecular weight is 419 g/mol. The van der Waals surface area contributed by atoms with Crippen molar-refractivity contribution in [1.82, 2.24) is 15.0 Å². The molecule has 3 aromatic rings. The van der Waals surface area contributed by atoms with E-state index < -0.39 is 11.6 Å². The van der Waals surface area contributed by atoms with Crippen molar-refractivity contribution in [2.45, 2.75) is 31.6 Å². The number of benzene rings is 1. The lowest BCUT2D eigenvalue weighted by molar-refractivity contribution is 0.312. The van der Waals surface area contributed by atoms with E-state index in [-0.39, 0.29) is 11.6 Å². The molecule has 5 rings (SSSR count). The second-order valence-electron chi connectivity index (χ2n) is 7.72. The number of fused-ring (bicyclic) bond motifs is 6. The summed E-state index contributed by atoms with van der Waals surface area (Å²) in [5.74, 6) is 0.393. The van der Waals surface area contributed by atoms with Crippen LogP contribution in [0.15, 0.2) is 30.5 Å². The number of ether oxygens (including phenoxy) is 1. The van der Waals surface area contributed by atoms with Crippen molar-refractivity contribution in [1.29, 1.82) is 5.26 Å². The van der Waals surface area contributed by atoms with Crippen LogP contribution in [0.25, 0.3) is 0 Å². The minimum Gasteiger partial charge on any atom is -0.490 e. The molecule has 156 valence electrons. The Kier molecular flexibility index (Phi) is 4.94. The van der Waals surface area contributed by atoms with Gasteiger partial charge in [0.1, 0.15) is 29.3 Å². The second kappa shape index (κ2) is 7.91. The molecule has 1 aliphatic carbocycles. The van der Waals surface area contributed by atoms with Gasteiger partial charge in [-0.1, -0.05) is 6.07 Å². The summed E-state index contributed by atoms with van der Waals surface area (Å²) in [4.78, 5) is 13.7. The minimum absolute atomic E-state index is 0.246. The van der Waals surface area contributed by atoms with Gasteiger partial charge in [-0.3, -0.25) is 0 Å². The molecule has 0 fully saturated rings. The number of halogens is 2. The van der Waals surface area contributed by atoms with E-state index in [0.29, 0.717) is 49.6 Å². The minimum atomic E-state index is -0.592. The summed E-state index contributed by atoms with van der Waals surface area (Å²) in [6.07, 6.45) is 4.14. The highest BCUT2D eigenvalue weighted by Gasteiger charge is 2.31. The summed E-state index contributed by atoms with van der Waals surface area (Å²) in [5.41, 5.74) is 3.29. The molecule has 2 aromatic heterocycles. The van der Waals surface area contributed by atoms with Crippen molar-refractivity contribution in [2.24, 2.45) is 0 Å². The van der Waals surface area contributed by atoms with E-state index in [1.165, 1.54) is 12.1 Å². The van der Waals surface area contributed by atoms with Crippen LogP contribution in [0, 0.1) is 23.0 Å². The molecule has 1 N–H and O–H groups in total. The number of hydrogen-bond donors (Lipinski definition) is 1. The van der Waals surface area contributed by atoms with Crippen molar-refractivity contribution < 1.29 is 13.5 Å². The lowest BCUT2D eigenvalue weighted by Gasteiger charge is -2.17. The molecule has 0 saturated heterocycles. The quantitative estimate of drug-likeness (QED) is 0.644. The van der Waals surface area contributed by atoms with Crippen LogP contribution >= 0.6 is 0 Å². The summed E-state index contributed by atoms with van der Waals surface area (Å²) in [6, 6.07) is 7.56. The van der Waals surface area contributed by atoms with Gasteiger partial charge in [0.15, 0.2) is 11.4 Å². The van der Waals surface area contributed by atoms with E-state index in [1.54, 1.807) is 12.3 Å². The van der Waals surface area contributed by atoms with Crippen LogP contribution in [0.3, 0.4) is 0 Å². The molecular formula is C23H19F2N5O. The van der Waals surface area contributed by atoms with Crippen LogP contribution < -0.4 is 10.1 Å². The first-order chi connectivity index (χ1) is 15.1. The number of pyridine rings is 1. The molecule has 1 atom stereocenters. The largest absolute Gasteiger partial charge is 0.490 e. The van der Waals surface area contributed by atoms with Crippen LogP contribution in [0.4, 0.5) is 14.6 Å². The Morgan fingerprint density at radius 2 is 2.10 bits per heavy atom. The lowest BCUT2D eigenvalue weighted by atomic mass is 9.96. The van der Waals surface area contributed by atoms with Crippen molar-refractivity contribution in [2.75, 3.05) is 18.5 Å². The Labute approximate surface area is 177 Å². The number of nitrogens with one attached hydrogen (secondary N) is 1. The molecule has 0 saturated carbocycles. The molecule has 3 heterocycles. The Hall–Kier alpha value is -3.60. The zero-order valence-electron chi connectivity index (χ0n) is 16.7. The van der Waals surface area contributed by atoms with Gasteiger partial charge in [0.2, 0.25) is 0 Å². The van der Waals surface area contributed by atoms with Crippen molar-refractivity contribution in [3.8, 4) is 11.8 Å². The summed E-state index contributed by atoms with van der Waals surface area (Å²) >= 11 is 0. The smallest absolute Gasteiger partial charge is 0.182 e. The molecule has 2 aliphatic rings. The van der Waals surface area contributed by atoms with E-state index in [2.05, 4.69) is 10.3 Å². The first-order valence-electron chi connectivity index (χ1n) is 10.2. The third kappa shape index (κ3) is 3.67. The fourth-order valence-electron chi connectivity index (χ4n) is 4.24. The van der Waals surface area contributed by atoms with Crippen LogP contribution in [0.2, 0.25) is 0 Å². The number of nitrogens with zero attached hydrogens (tertiary/aromatic N) is 4. The molecule has 0 amide bonds. The zero-order valence-corrected chi connectivity index (χ0v) is 16.7. The normalized spacial score (nSPS) is 17.4. The van der Waals surface area contributed by atoms with E-state index in [4.69, 9.17) is 14.7 Å². The van der Waals surface area contributed by atoms with Gasteiger partial charge in [-0.2, -0.15) is 5.26 Å². The highest BCUT2D eigenvalue weighted by atomic mass is 19.1. The predicted molar refractivity (Wildman–Crippen MR) is 109 cm³/mol. The number of anilines is 1. The summed E-state index contributed by atoms with van der Waals surface area (Å²) < 4.78 is 33.7. The number of nitriles is 1. The second-order valence-corrected chi connectivity index (χ2v) is 7.72. The molecule has 4 bridgehead atoms. The molecule has 31 heavy (non-hydrogen) atoms. The highest BCUT2D eigenvalue weighted by molar-refractivity contribution is 5.53. The molecule has 6 nitrogen and oxygen atoms in total. The fraction of sp³-hybridized carbons (Fsp3) is 0.304. The summed E-state index contributed by atoms with van der Waals surface area (Å²) in [5, 5.41) is 12.6. The van der Waals surface area contributed by atoms with E-state index in [0.717, 1.165) is 35.1 Å². The molecule has 0 spiro atoms. The van der Waals surface area contributed by atoms with E-state index in [9.17, 15) is 14.0 Å². The van der Waals surface area contributed by atoms with E-state index >= 15 is 0 Å². The van der Waals surface area contributed by atoms with Gasteiger partial charge < -0.3 is 10.1 Å². The summed E-state index contributed by atoms with van der Waals surface area (Å²) in [6.45, 7) is 1.07. The van der Waals surface area contributed by atoms with Gasteiger partial charge in [0, 0.05) is 36.7 Å². The van der Waals surface area contributed by atoms with Gasteiger partial charge in [-0.05, 0) is 42.5 Å². The maximum Gasteiger partial charge on any atom is 0.182 e. The van der Waals surface area contributed by atoms with Crippen molar-refractivity contribution >= 4 is 5.82 Å². The van der Waals surface area contributed by atoms with Crippen LogP contribution in [0.5, 0.6) is 5.75 Å². The van der Waals surface area contributed by atoms with Crippen LogP contribution in [-0.4, -0.2) is 28.1 Å². The maximum atomic E-state index is 14.5. The highest BCUT2D eigenvalue weighted by Crippen LogP contribution is 2.40. The average Bonchev–Trinajstić information content (AvgIpc) is 3.17. The SMILES string of the molecule is N#Cc1ncc2cc1OCCCNc1nc(nc3c1CCC3c1ccc(F)cc1F)C2. The molecule has 1 aliphatic heterocycles. The number of rotatable bonds is 1. The topological polar surface area (TPSA) is 83.7 Å². The Balaban J connectivity index is 1.58. The van der Waals surface area contributed by atoms with E-state index in [1.807, 2.05) is 6.07 Å². The Morgan fingerprint density at radius 3 is 2.94 bits per heavy atom. The zero-order chi connectivity index (χ0) is 21.4. The van der Waals surface area contributed by atoms with Crippen LogP contribution in [0.1, 0.15) is 52.7 Å². The van der Waals surface area contributed by atoms with Gasteiger partial charge in [0.25, 0.3) is 0 Å². The van der Waals surface area contributed by atoms with Gasteiger partial charge in [0.05, 0.1) is 12.3 Å². The summed E-state index contributed by atoms with van der Waals surface area (Å²) in [7, 11) is 0. The predicted octanol–water partition coefficient (Wildman–Crippen LogP) is 3.88. The monoisotopic (exact) mass is 419 g/mol. The number of aromatic nitrogens is 3. The lowest BCUT2D eigenvalue weighted by Crippen LogP contribution is -2.14. The molecule has 1 unspecified atom stereocenters. The first kappa shape index (κ1) is 19.4. The standard InChI is InChI=1S/C23H19F2N5O/c24-14-2-3-15(18(25)10-14)16-4-5-17-22(16)29-21-9-13-8-20(19(11-26)28-12-13)31-7-1-6-27-23(17)30-21/h2-3,8,10,12,16H,1,4-7,9H2,(H,27,29,30). The third-order valence-corrected chi connectivity index (χ3v) is 5.69. The van der Waals surface area contributed by atoms with Gasteiger partial charge in [-0.15, -0.1) is 0 Å². The molecule has 0 radical (unpaired) electrons. The first-order valence-corrected chi connectivity index (χ1v) is 10.2. The molecule has 8 heteroatoms. The number of hydrogen-bond acceptors (Lipinski definition) is 6. The molecule has 1 aromatic carbocycles. The van der Waals surface area contributed by atoms with Gasteiger partial charge >= 0.3 is 0 Å². The van der Waals surface area contributed by atoms with Crippen molar-refractivity contribution in [3.05, 3.63) is 76.0 Å². The van der Waals surface area contributed by atoms with Crippen molar-refractivity contribution in [3.63, 3.8) is 0 Å². The molecular weight excluding hydrogens is 400 g/mol. The third-order valence-electron chi connectivity index (χ3n) is 5.69. The fourth-order valence-corrected chi connectivity index (χ4v) is 4.24.